The molecule has 1 aromatic rings. The first-order valence-corrected chi connectivity index (χ1v) is 5.69. The molecule has 0 saturated carbocycles. The molecule has 1 N–H and O–H groups in total. The van der Waals surface area contributed by atoms with Gasteiger partial charge in [0.05, 0.1) is 11.7 Å². The normalized spacial score (nSPS) is 22.3. The van der Waals surface area contributed by atoms with Gasteiger partial charge in [0, 0.05) is 5.41 Å². The summed E-state index contributed by atoms with van der Waals surface area (Å²) in [6.07, 6.45) is 2.42. The third-order valence-corrected chi connectivity index (χ3v) is 2.86. The molecule has 3 heteroatoms. The largest absolute Gasteiger partial charge is 0.445 e. The van der Waals surface area contributed by atoms with Gasteiger partial charge in [-0.25, -0.2) is 4.98 Å². The van der Waals surface area contributed by atoms with Crippen molar-refractivity contribution in [3.8, 4) is 0 Å². The highest BCUT2D eigenvalue weighted by molar-refractivity contribution is 5.17. The Morgan fingerprint density at radius 1 is 1.40 bits per heavy atom. The average molecular weight is 208 g/mol. The molecule has 2 rings (SSSR count). The first-order chi connectivity index (χ1) is 6.98. The fourth-order valence-corrected chi connectivity index (χ4v) is 1.97. The van der Waals surface area contributed by atoms with Gasteiger partial charge in [-0.3, -0.25) is 0 Å². The Kier molecular flexibility index (Phi) is 2.59. The van der Waals surface area contributed by atoms with E-state index >= 15 is 0 Å². The Labute approximate surface area is 91.3 Å². The third kappa shape index (κ3) is 2.07. The van der Waals surface area contributed by atoms with Gasteiger partial charge in [0.25, 0.3) is 0 Å². The van der Waals surface area contributed by atoms with Crippen LogP contribution < -0.4 is 5.32 Å². The van der Waals surface area contributed by atoms with E-state index in [1.54, 1.807) is 0 Å². The zero-order valence-electron chi connectivity index (χ0n) is 10.1. The lowest BCUT2D eigenvalue weighted by atomic mass is 9.97. The number of hydrogen-bond acceptors (Lipinski definition) is 3. The maximum atomic E-state index is 5.74. The molecule has 1 saturated heterocycles. The van der Waals surface area contributed by atoms with Crippen LogP contribution in [0.4, 0.5) is 0 Å². The van der Waals surface area contributed by atoms with E-state index in [-0.39, 0.29) is 5.41 Å². The molecule has 0 spiro atoms. The number of aromatic nitrogens is 1. The van der Waals surface area contributed by atoms with E-state index in [2.05, 4.69) is 31.1 Å². The third-order valence-electron chi connectivity index (χ3n) is 2.86. The van der Waals surface area contributed by atoms with Crippen molar-refractivity contribution in [1.82, 2.24) is 10.3 Å². The van der Waals surface area contributed by atoms with E-state index in [4.69, 9.17) is 4.42 Å². The fraction of sp³-hybridized carbons (Fsp3) is 0.750. The summed E-state index contributed by atoms with van der Waals surface area (Å²) < 4.78 is 5.74. The zero-order chi connectivity index (χ0) is 11.1. The van der Waals surface area contributed by atoms with Gasteiger partial charge >= 0.3 is 0 Å². The minimum absolute atomic E-state index is 0.00160. The molecule has 0 aromatic carbocycles. The number of oxazole rings is 1. The number of nitrogens with one attached hydrogen (secondary N) is 1. The van der Waals surface area contributed by atoms with Gasteiger partial charge in [0.1, 0.15) is 5.76 Å². The predicted molar refractivity (Wildman–Crippen MR) is 59.9 cm³/mol. The zero-order valence-corrected chi connectivity index (χ0v) is 10.1. The lowest BCUT2D eigenvalue weighted by Crippen LogP contribution is -2.15. The molecule has 0 aliphatic carbocycles. The van der Waals surface area contributed by atoms with E-state index < -0.39 is 0 Å². The summed E-state index contributed by atoms with van der Waals surface area (Å²) in [5.41, 5.74) is 1.11. The van der Waals surface area contributed by atoms with Crippen molar-refractivity contribution in [2.45, 2.75) is 52.0 Å². The SMILES string of the molecule is Cc1oc(C(C)(C)C)nc1C1CCCN1. The van der Waals surface area contributed by atoms with Crippen LogP contribution in [-0.2, 0) is 5.41 Å². The molecular weight excluding hydrogens is 188 g/mol. The molecule has 0 amide bonds. The van der Waals surface area contributed by atoms with Crippen LogP contribution in [0.2, 0.25) is 0 Å². The van der Waals surface area contributed by atoms with Crippen LogP contribution in [-0.4, -0.2) is 11.5 Å². The van der Waals surface area contributed by atoms with Gasteiger partial charge in [-0.15, -0.1) is 0 Å². The van der Waals surface area contributed by atoms with Gasteiger partial charge in [-0.1, -0.05) is 20.8 Å². The van der Waals surface area contributed by atoms with Crippen LogP contribution in [0, 0.1) is 6.92 Å². The molecule has 1 fully saturated rings. The maximum Gasteiger partial charge on any atom is 0.200 e. The predicted octanol–water partition coefficient (Wildman–Crippen LogP) is 2.71. The lowest BCUT2D eigenvalue weighted by Gasteiger charge is -2.12. The second-order valence-corrected chi connectivity index (χ2v) is 5.36. The highest BCUT2D eigenvalue weighted by atomic mass is 16.4. The van der Waals surface area contributed by atoms with Gasteiger partial charge in [0.2, 0.25) is 0 Å². The summed E-state index contributed by atoms with van der Waals surface area (Å²) in [4.78, 5) is 4.63. The Morgan fingerprint density at radius 2 is 2.13 bits per heavy atom. The summed E-state index contributed by atoms with van der Waals surface area (Å²) in [5.74, 6) is 1.82. The standard InChI is InChI=1S/C12H20N2O/c1-8-10(9-6-5-7-13-9)14-11(15-8)12(2,3)4/h9,13H,5-7H2,1-4H3. The monoisotopic (exact) mass is 208 g/mol. The van der Waals surface area contributed by atoms with Crippen molar-refractivity contribution in [3.05, 3.63) is 17.3 Å². The molecule has 84 valence electrons. The molecule has 0 radical (unpaired) electrons. The van der Waals surface area contributed by atoms with Crippen molar-refractivity contribution in [2.24, 2.45) is 0 Å². The van der Waals surface area contributed by atoms with Crippen molar-refractivity contribution in [1.29, 1.82) is 0 Å². The molecule has 3 nitrogen and oxygen atoms in total. The van der Waals surface area contributed by atoms with E-state index in [0.717, 1.165) is 23.9 Å². The van der Waals surface area contributed by atoms with Crippen LogP contribution in [0.25, 0.3) is 0 Å². The summed E-state index contributed by atoms with van der Waals surface area (Å²) in [5, 5.41) is 3.46. The van der Waals surface area contributed by atoms with Crippen LogP contribution in [0.5, 0.6) is 0 Å². The van der Waals surface area contributed by atoms with Crippen LogP contribution in [0.15, 0.2) is 4.42 Å². The van der Waals surface area contributed by atoms with Crippen LogP contribution in [0.1, 0.15) is 57.0 Å². The highest BCUT2D eigenvalue weighted by Gasteiger charge is 2.27. The van der Waals surface area contributed by atoms with Crippen molar-refractivity contribution in [2.75, 3.05) is 6.54 Å². The van der Waals surface area contributed by atoms with Crippen LogP contribution >= 0.6 is 0 Å². The molecule has 1 atom stereocenters. The minimum Gasteiger partial charge on any atom is -0.445 e. The summed E-state index contributed by atoms with van der Waals surface area (Å²) >= 11 is 0. The molecule has 1 unspecified atom stereocenters. The van der Waals surface area contributed by atoms with Crippen molar-refractivity contribution in [3.63, 3.8) is 0 Å². The molecule has 1 aliphatic rings. The van der Waals surface area contributed by atoms with E-state index in [1.165, 1.54) is 12.8 Å². The molecule has 2 heterocycles. The van der Waals surface area contributed by atoms with E-state index in [0.29, 0.717) is 6.04 Å². The molecule has 15 heavy (non-hydrogen) atoms. The quantitative estimate of drug-likeness (QED) is 0.771. The molecular formula is C12H20N2O. The first kappa shape index (κ1) is 10.7. The number of rotatable bonds is 1. The summed E-state index contributed by atoms with van der Waals surface area (Å²) in [7, 11) is 0. The van der Waals surface area contributed by atoms with Gasteiger partial charge < -0.3 is 9.73 Å². The maximum absolute atomic E-state index is 5.74. The Balaban J connectivity index is 2.29. The second kappa shape index (κ2) is 3.63. The Hall–Kier alpha value is -0.830. The van der Waals surface area contributed by atoms with Gasteiger partial charge in [-0.05, 0) is 26.3 Å². The van der Waals surface area contributed by atoms with Crippen molar-refractivity contribution >= 4 is 0 Å². The Bertz CT molecular complexity index is 343. The number of aryl methyl sites for hydroxylation is 1. The van der Waals surface area contributed by atoms with Crippen molar-refractivity contribution < 1.29 is 4.42 Å². The summed E-state index contributed by atoms with van der Waals surface area (Å²) in [6.45, 7) is 9.50. The van der Waals surface area contributed by atoms with E-state index in [1.807, 2.05) is 6.92 Å². The molecule has 1 aliphatic heterocycles. The second-order valence-electron chi connectivity index (χ2n) is 5.36. The number of hydrogen-bond donors (Lipinski definition) is 1. The summed E-state index contributed by atoms with van der Waals surface area (Å²) in [6, 6.07) is 0.407. The highest BCUT2D eigenvalue weighted by Crippen LogP contribution is 2.29. The number of nitrogens with zero attached hydrogens (tertiary/aromatic N) is 1. The van der Waals surface area contributed by atoms with Gasteiger partial charge in [0.15, 0.2) is 5.89 Å². The van der Waals surface area contributed by atoms with Crippen LogP contribution in [0.3, 0.4) is 0 Å². The van der Waals surface area contributed by atoms with Gasteiger partial charge in [-0.2, -0.15) is 0 Å². The van der Waals surface area contributed by atoms with E-state index in [9.17, 15) is 0 Å². The smallest absolute Gasteiger partial charge is 0.200 e. The first-order valence-electron chi connectivity index (χ1n) is 5.69. The lowest BCUT2D eigenvalue weighted by molar-refractivity contribution is 0.380. The Morgan fingerprint density at radius 3 is 2.60 bits per heavy atom. The minimum atomic E-state index is 0.00160. The topological polar surface area (TPSA) is 38.1 Å². The average Bonchev–Trinajstić information content (AvgIpc) is 2.69. The molecule has 0 bridgehead atoms. The molecule has 1 aromatic heterocycles. The fourth-order valence-electron chi connectivity index (χ4n) is 1.97.